The summed E-state index contributed by atoms with van der Waals surface area (Å²) in [6.07, 6.45) is 0. The maximum absolute atomic E-state index is 5.85. The smallest absolute Gasteiger partial charge is 0.320 e. The molecule has 88 valence electrons. The highest BCUT2D eigenvalue weighted by atomic mass is 16.5. The Balaban J connectivity index is 2.33. The molecule has 0 aromatic carbocycles. The molecular weight excluding hydrogens is 210 g/mol. The third-order valence-electron chi connectivity index (χ3n) is 2.43. The normalized spacial score (nSPS) is 16.2. The minimum Gasteiger partial charge on any atom is -0.467 e. The molecule has 0 bridgehead atoms. The lowest BCUT2D eigenvalue weighted by Gasteiger charge is -2.28. The maximum atomic E-state index is 5.85. The first-order chi connectivity index (χ1) is 7.72. The molecule has 7 nitrogen and oxygen atoms in total. The van der Waals surface area contributed by atoms with Gasteiger partial charge in [0.1, 0.15) is 5.69 Å². The van der Waals surface area contributed by atoms with Gasteiger partial charge in [-0.15, -0.1) is 0 Å². The quantitative estimate of drug-likeness (QED) is 0.699. The lowest BCUT2D eigenvalue weighted by Crippen LogP contribution is -2.37. The van der Waals surface area contributed by atoms with E-state index in [1.54, 1.807) is 0 Å². The summed E-state index contributed by atoms with van der Waals surface area (Å²) in [6, 6.07) is 0.230. The number of hydrogen-bond donors (Lipinski definition) is 2. The number of aromatic nitrogens is 2. The Kier molecular flexibility index (Phi) is 2.95. The van der Waals surface area contributed by atoms with Crippen molar-refractivity contribution in [3.05, 3.63) is 0 Å². The van der Waals surface area contributed by atoms with Crippen molar-refractivity contribution in [2.45, 2.75) is 0 Å². The van der Waals surface area contributed by atoms with E-state index in [2.05, 4.69) is 9.97 Å². The third-order valence-corrected chi connectivity index (χ3v) is 2.43. The fourth-order valence-electron chi connectivity index (χ4n) is 1.56. The van der Waals surface area contributed by atoms with Gasteiger partial charge in [-0.3, -0.25) is 0 Å². The van der Waals surface area contributed by atoms with Crippen LogP contribution in [-0.4, -0.2) is 43.4 Å². The van der Waals surface area contributed by atoms with Crippen molar-refractivity contribution < 1.29 is 9.47 Å². The summed E-state index contributed by atoms with van der Waals surface area (Å²) in [7, 11) is 1.49. The lowest BCUT2D eigenvalue weighted by atomic mass is 10.3. The molecule has 1 aliphatic rings. The molecule has 7 heteroatoms. The highest BCUT2D eigenvalue weighted by Crippen LogP contribution is 2.27. The lowest BCUT2D eigenvalue weighted by molar-refractivity contribution is 0.122. The Bertz CT molecular complexity index is 378. The predicted molar refractivity (Wildman–Crippen MR) is 60.4 cm³/mol. The highest BCUT2D eigenvalue weighted by Gasteiger charge is 2.18. The summed E-state index contributed by atoms with van der Waals surface area (Å²) in [5.74, 6) is 0.862. The van der Waals surface area contributed by atoms with E-state index in [-0.39, 0.29) is 11.8 Å². The van der Waals surface area contributed by atoms with Gasteiger partial charge in [-0.05, 0) is 0 Å². The van der Waals surface area contributed by atoms with Crippen LogP contribution in [0.4, 0.5) is 17.3 Å². The molecule has 1 fully saturated rings. The number of nitrogens with zero attached hydrogens (tertiary/aromatic N) is 3. The number of ether oxygens (including phenoxy) is 2. The second kappa shape index (κ2) is 4.40. The van der Waals surface area contributed by atoms with Gasteiger partial charge in [-0.2, -0.15) is 9.97 Å². The summed E-state index contributed by atoms with van der Waals surface area (Å²) < 4.78 is 10.2. The minimum absolute atomic E-state index is 0.230. The van der Waals surface area contributed by atoms with Gasteiger partial charge in [0.2, 0.25) is 0 Å². The fraction of sp³-hybridized carbons (Fsp3) is 0.556. The molecule has 1 aromatic rings. The Labute approximate surface area is 93.4 Å². The second-order valence-electron chi connectivity index (χ2n) is 3.43. The zero-order valence-corrected chi connectivity index (χ0v) is 9.14. The van der Waals surface area contributed by atoms with Crippen LogP contribution < -0.4 is 21.1 Å². The second-order valence-corrected chi connectivity index (χ2v) is 3.43. The Morgan fingerprint density at radius 1 is 1.25 bits per heavy atom. The molecule has 0 spiro atoms. The van der Waals surface area contributed by atoms with Gasteiger partial charge in [0, 0.05) is 13.1 Å². The van der Waals surface area contributed by atoms with Crippen molar-refractivity contribution in [1.29, 1.82) is 0 Å². The molecule has 16 heavy (non-hydrogen) atoms. The first-order valence-corrected chi connectivity index (χ1v) is 5.02. The Hall–Kier alpha value is -1.76. The molecular formula is C9H15N5O2. The topological polar surface area (TPSA) is 99.5 Å². The molecule has 0 saturated carbocycles. The van der Waals surface area contributed by atoms with E-state index >= 15 is 0 Å². The van der Waals surface area contributed by atoms with Gasteiger partial charge >= 0.3 is 6.01 Å². The van der Waals surface area contributed by atoms with Crippen LogP contribution in [0.2, 0.25) is 0 Å². The van der Waals surface area contributed by atoms with E-state index in [9.17, 15) is 0 Å². The predicted octanol–water partition coefficient (Wildman–Crippen LogP) is -0.514. The summed E-state index contributed by atoms with van der Waals surface area (Å²) in [5, 5.41) is 0. The van der Waals surface area contributed by atoms with Crippen LogP contribution >= 0.6 is 0 Å². The van der Waals surface area contributed by atoms with Gasteiger partial charge in [-0.25, -0.2) is 0 Å². The zero-order chi connectivity index (χ0) is 11.5. The van der Waals surface area contributed by atoms with Gasteiger partial charge in [-0.1, -0.05) is 0 Å². The summed E-state index contributed by atoms with van der Waals surface area (Å²) >= 11 is 0. The number of nitrogen functional groups attached to an aromatic ring is 2. The first kappa shape index (κ1) is 10.7. The highest BCUT2D eigenvalue weighted by molar-refractivity contribution is 5.74. The average Bonchev–Trinajstić information content (AvgIpc) is 2.33. The van der Waals surface area contributed by atoms with Crippen molar-refractivity contribution in [3.63, 3.8) is 0 Å². The summed E-state index contributed by atoms with van der Waals surface area (Å²) in [6.45, 7) is 2.80. The van der Waals surface area contributed by atoms with Crippen LogP contribution in [0.15, 0.2) is 0 Å². The zero-order valence-electron chi connectivity index (χ0n) is 9.14. The Morgan fingerprint density at radius 3 is 2.56 bits per heavy atom. The number of rotatable bonds is 2. The van der Waals surface area contributed by atoms with Crippen molar-refractivity contribution >= 4 is 17.3 Å². The van der Waals surface area contributed by atoms with Crippen LogP contribution in [0.3, 0.4) is 0 Å². The number of hydrogen-bond acceptors (Lipinski definition) is 7. The van der Waals surface area contributed by atoms with Crippen LogP contribution in [0.1, 0.15) is 0 Å². The summed E-state index contributed by atoms with van der Waals surface area (Å²) in [4.78, 5) is 10.1. The van der Waals surface area contributed by atoms with E-state index < -0.39 is 0 Å². The van der Waals surface area contributed by atoms with Crippen molar-refractivity contribution in [3.8, 4) is 6.01 Å². The van der Waals surface area contributed by atoms with Crippen LogP contribution in [0.5, 0.6) is 6.01 Å². The van der Waals surface area contributed by atoms with E-state index in [4.69, 9.17) is 20.9 Å². The van der Waals surface area contributed by atoms with Crippen LogP contribution in [0.25, 0.3) is 0 Å². The van der Waals surface area contributed by atoms with Gasteiger partial charge in [0.25, 0.3) is 0 Å². The standard InChI is InChI=1S/C9H15N5O2/c1-15-9-12-7(11)6(10)8(13-9)14-2-4-16-5-3-14/h2-5,10H2,1H3,(H2,11,12,13). The van der Waals surface area contributed by atoms with Crippen LogP contribution in [0, 0.1) is 0 Å². The van der Waals surface area contributed by atoms with E-state index in [1.165, 1.54) is 7.11 Å². The van der Waals surface area contributed by atoms with Gasteiger partial charge in [0.05, 0.1) is 20.3 Å². The third kappa shape index (κ3) is 1.94. The number of methoxy groups -OCH3 is 1. The molecule has 1 saturated heterocycles. The van der Waals surface area contributed by atoms with E-state index in [0.717, 1.165) is 13.1 Å². The molecule has 0 amide bonds. The molecule has 1 aromatic heterocycles. The maximum Gasteiger partial charge on any atom is 0.320 e. The molecule has 2 heterocycles. The van der Waals surface area contributed by atoms with Crippen molar-refractivity contribution in [2.24, 2.45) is 0 Å². The van der Waals surface area contributed by atoms with Gasteiger partial charge in [0.15, 0.2) is 11.6 Å². The number of morpholine rings is 1. The monoisotopic (exact) mass is 225 g/mol. The molecule has 2 rings (SSSR count). The van der Waals surface area contributed by atoms with Gasteiger partial charge < -0.3 is 25.8 Å². The molecule has 0 unspecified atom stereocenters. The molecule has 4 N–H and O–H groups in total. The SMILES string of the molecule is COc1nc(N)c(N)c(N2CCOCC2)n1. The summed E-state index contributed by atoms with van der Waals surface area (Å²) in [5.41, 5.74) is 11.9. The minimum atomic E-state index is 0.230. The van der Waals surface area contributed by atoms with Crippen LogP contribution in [-0.2, 0) is 4.74 Å². The van der Waals surface area contributed by atoms with Crippen molar-refractivity contribution in [1.82, 2.24) is 9.97 Å². The first-order valence-electron chi connectivity index (χ1n) is 5.02. The van der Waals surface area contributed by atoms with E-state index in [0.29, 0.717) is 24.7 Å². The van der Waals surface area contributed by atoms with Crippen molar-refractivity contribution in [2.75, 3.05) is 49.8 Å². The molecule has 0 radical (unpaired) electrons. The largest absolute Gasteiger partial charge is 0.467 e. The molecule has 1 aliphatic heterocycles. The number of nitrogens with two attached hydrogens (primary N) is 2. The molecule has 0 aliphatic carbocycles. The fourth-order valence-corrected chi connectivity index (χ4v) is 1.56. The number of anilines is 3. The Morgan fingerprint density at radius 2 is 1.94 bits per heavy atom. The average molecular weight is 225 g/mol. The van der Waals surface area contributed by atoms with E-state index in [1.807, 2.05) is 4.90 Å². The molecule has 0 atom stereocenters.